The van der Waals surface area contributed by atoms with Crippen LogP contribution < -0.4 is 5.32 Å². The van der Waals surface area contributed by atoms with Gasteiger partial charge in [-0.15, -0.1) is 0 Å². The van der Waals surface area contributed by atoms with Crippen LogP contribution in [0.15, 0.2) is 48.5 Å². The summed E-state index contributed by atoms with van der Waals surface area (Å²) in [5, 5.41) is 3.48. The first-order chi connectivity index (χ1) is 9.20. The molecule has 0 spiro atoms. The molecule has 2 aromatic rings. The summed E-state index contributed by atoms with van der Waals surface area (Å²) in [5.74, 6) is -0.189. The molecule has 0 aliphatic rings. The van der Waals surface area contributed by atoms with Crippen molar-refractivity contribution in [2.75, 3.05) is 6.54 Å². The lowest BCUT2D eigenvalue weighted by Gasteiger charge is -2.19. The van der Waals surface area contributed by atoms with Crippen molar-refractivity contribution in [3.05, 3.63) is 69.0 Å². The van der Waals surface area contributed by atoms with Crippen LogP contribution in [0, 0.1) is 9.39 Å². The highest BCUT2D eigenvalue weighted by molar-refractivity contribution is 14.1. The largest absolute Gasteiger partial charge is 0.306 e. The molecule has 0 radical (unpaired) electrons. The minimum atomic E-state index is -0.189. The molecule has 0 aromatic heterocycles. The molecule has 0 saturated heterocycles. The first-order valence-corrected chi connectivity index (χ1v) is 7.53. The van der Waals surface area contributed by atoms with E-state index in [2.05, 4.69) is 59.1 Å². The van der Waals surface area contributed by atoms with Gasteiger partial charge in [-0.05, 0) is 70.9 Å². The summed E-state index contributed by atoms with van der Waals surface area (Å²) in [5.41, 5.74) is 2.13. The summed E-state index contributed by atoms with van der Waals surface area (Å²) in [7, 11) is 0. The van der Waals surface area contributed by atoms with Gasteiger partial charge in [-0.3, -0.25) is 0 Å². The molecule has 0 bridgehead atoms. The maximum atomic E-state index is 13.4. The Balaban J connectivity index is 2.32. The van der Waals surface area contributed by atoms with Crippen LogP contribution in [0.5, 0.6) is 0 Å². The molecular formula is C16H17FIN. The molecule has 0 aliphatic carbocycles. The average Bonchev–Trinajstić information content (AvgIpc) is 2.41. The first-order valence-electron chi connectivity index (χ1n) is 6.45. The monoisotopic (exact) mass is 369 g/mol. The number of rotatable bonds is 5. The van der Waals surface area contributed by atoms with Crippen LogP contribution >= 0.6 is 22.6 Å². The number of halogens is 2. The third-order valence-corrected chi connectivity index (χ3v) is 3.70. The molecule has 3 heteroatoms. The zero-order chi connectivity index (χ0) is 13.7. The van der Waals surface area contributed by atoms with Crippen LogP contribution in [0.2, 0.25) is 0 Å². The summed E-state index contributed by atoms with van der Waals surface area (Å²) < 4.78 is 14.6. The van der Waals surface area contributed by atoms with Gasteiger partial charge in [0.05, 0.1) is 6.04 Å². The molecule has 0 fully saturated rings. The Morgan fingerprint density at radius 1 is 1.11 bits per heavy atom. The Bertz CT molecular complexity index is 525. The summed E-state index contributed by atoms with van der Waals surface area (Å²) in [6.07, 6.45) is 1.05. The lowest BCUT2D eigenvalue weighted by molar-refractivity contribution is 0.585. The van der Waals surface area contributed by atoms with E-state index in [1.54, 1.807) is 12.1 Å². The summed E-state index contributed by atoms with van der Waals surface area (Å²) in [6.45, 7) is 3.04. The van der Waals surface area contributed by atoms with Crippen molar-refractivity contribution in [2.45, 2.75) is 19.4 Å². The smallest absolute Gasteiger partial charge is 0.123 e. The van der Waals surface area contributed by atoms with Gasteiger partial charge in [0.1, 0.15) is 5.82 Å². The zero-order valence-corrected chi connectivity index (χ0v) is 13.0. The second-order valence-electron chi connectivity index (χ2n) is 4.49. The van der Waals surface area contributed by atoms with E-state index in [1.165, 1.54) is 15.2 Å². The van der Waals surface area contributed by atoms with Crippen LogP contribution in [-0.4, -0.2) is 6.54 Å². The Labute approximate surface area is 127 Å². The van der Waals surface area contributed by atoms with Crippen molar-refractivity contribution >= 4 is 22.6 Å². The van der Waals surface area contributed by atoms with Crippen molar-refractivity contribution in [1.29, 1.82) is 0 Å². The van der Waals surface area contributed by atoms with Gasteiger partial charge in [0.15, 0.2) is 0 Å². The molecule has 0 aliphatic heterocycles. The van der Waals surface area contributed by atoms with Gasteiger partial charge in [0, 0.05) is 3.57 Å². The SMILES string of the molecule is CCCNC(c1ccc(I)cc1)c1cccc(F)c1. The van der Waals surface area contributed by atoms with Gasteiger partial charge < -0.3 is 5.32 Å². The van der Waals surface area contributed by atoms with Crippen molar-refractivity contribution in [3.8, 4) is 0 Å². The van der Waals surface area contributed by atoms with E-state index in [0.717, 1.165) is 18.5 Å². The van der Waals surface area contributed by atoms with E-state index < -0.39 is 0 Å². The Morgan fingerprint density at radius 3 is 2.47 bits per heavy atom. The van der Waals surface area contributed by atoms with Gasteiger partial charge in [0.2, 0.25) is 0 Å². The lowest BCUT2D eigenvalue weighted by atomic mass is 9.98. The quantitative estimate of drug-likeness (QED) is 0.765. The van der Waals surface area contributed by atoms with E-state index in [1.807, 2.05) is 6.07 Å². The minimum absolute atomic E-state index is 0.0487. The Hall–Kier alpha value is -0.940. The summed E-state index contributed by atoms with van der Waals surface area (Å²) in [6, 6.07) is 15.2. The highest BCUT2D eigenvalue weighted by Gasteiger charge is 2.13. The normalized spacial score (nSPS) is 12.4. The predicted molar refractivity (Wildman–Crippen MR) is 85.7 cm³/mol. The third kappa shape index (κ3) is 4.01. The highest BCUT2D eigenvalue weighted by atomic mass is 127. The fourth-order valence-electron chi connectivity index (χ4n) is 2.06. The number of nitrogens with one attached hydrogen (secondary N) is 1. The molecule has 1 nitrogen and oxygen atoms in total. The van der Waals surface area contributed by atoms with E-state index in [9.17, 15) is 4.39 Å². The van der Waals surface area contributed by atoms with Gasteiger partial charge in [-0.1, -0.05) is 31.2 Å². The fourth-order valence-corrected chi connectivity index (χ4v) is 2.42. The molecule has 0 heterocycles. The van der Waals surface area contributed by atoms with Gasteiger partial charge in [-0.25, -0.2) is 4.39 Å². The molecule has 100 valence electrons. The van der Waals surface area contributed by atoms with Crippen LogP contribution in [0.3, 0.4) is 0 Å². The maximum Gasteiger partial charge on any atom is 0.123 e. The number of benzene rings is 2. The molecule has 19 heavy (non-hydrogen) atoms. The van der Waals surface area contributed by atoms with Gasteiger partial charge in [0.25, 0.3) is 0 Å². The summed E-state index contributed by atoms with van der Waals surface area (Å²) >= 11 is 2.29. The van der Waals surface area contributed by atoms with E-state index in [-0.39, 0.29) is 11.9 Å². The second kappa shape index (κ2) is 7.01. The van der Waals surface area contributed by atoms with Crippen molar-refractivity contribution < 1.29 is 4.39 Å². The van der Waals surface area contributed by atoms with Gasteiger partial charge >= 0.3 is 0 Å². The zero-order valence-electron chi connectivity index (χ0n) is 10.9. The topological polar surface area (TPSA) is 12.0 Å². The summed E-state index contributed by atoms with van der Waals surface area (Å²) in [4.78, 5) is 0. The Morgan fingerprint density at radius 2 is 1.84 bits per heavy atom. The first kappa shape index (κ1) is 14.5. The van der Waals surface area contributed by atoms with Crippen LogP contribution in [0.25, 0.3) is 0 Å². The standard InChI is InChI=1S/C16H17FIN/c1-2-10-19-16(12-6-8-15(18)9-7-12)13-4-3-5-14(17)11-13/h3-9,11,16,19H,2,10H2,1H3. The Kier molecular flexibility index (Phi) is 5.34. The van der Waals surface area contributed by atoms with E-state index >= 15 is 0 Å². The van der Waals surface area contributed by atoms with Crippen LogP contribution in [0.1, 0.15) is 30.5 Å². The van der Waals surface area contributed by atoms with E-state index in [4.69, 9.17) is 0 Å². The van der Waals surface area contributed by atoms with Gasteiger partial charge in [-0.2, -0.15) is 0 Å². The molecule has 1 unspecified atom stereocenters. The molecular weight excluding hydrogens is 352 g/mol. The molecule has 2 aromatic carbocycles. The van der Waals surface area contributed by atoms with Crippen LogP contribution in [-0.2, 0) is 0 Å². The molecule has 2 rings (SSSR count). The van der Waals surface area contributed by atoms with E-state index in [0.29, 0.717) is 0 Å². The second-order valence-corrected chi connectivity index (χ2v) is 5.74. The lowest BCUT2D eigenvalue weighted by Crippen LogP contribution is -2.23. The molecule has 1 N–H and O–H groups in total. The van der Waals surface area contributed by atoms with Crippen LogP contribution in [0.4, 0.5) is 4.39 Å². The fraction of sp³-hybridized carbons (Fsp3) is 0.250. The highest BCUT2D eigenvalue weighted by Crippen LogP contribution is 2.23. The molecule has 0 saturated carbocycles. The molecule has 0 amide bonds. The predicted octanol–water partition coefficient (Wildman–Crippen LogP) is 4.52. The minimum Gasteiger partial charge on any atom is -0.306 e. The van der Waals surface area contributed by atoms with Crippen molar-refractivity contribution in [1.82, 2.24) is 5.32 Å². The maximum absolute atomic E-state index is 13.4. The van der Waals surface area contributed by atoms with Crippen molar-refractivity contribution in [2.24, 2.45) is 0 Å². The number of hydrogen-bond donors (Lipinski definition) is 1. The van der Waals surface area contributed by atoms with Crippen molar-refractivity contribution in [3.63, 3.8) is 0 Å². The average molecular weight is 369 g/mol. The molecule has 1 atom stereocenters. The third-order valence-electron chi connectivity index (χ3n) is 2.98. The number of hydrogen-bond acceptors (Lipinski definition) is 1.